The summed E-state index contributed by atoms with van der Waals surface area (Å²) in [5.74, 6) is 2.20. The summed E-state index contributed by atoms with van der Waals surface area (Å²) in [7, 11) is 0. The fourth-order valence-corrected chi connectivity index (χ4v) is 3.29. The van der Waals surface area contributed by atoms with Crippen molar-refractivity contribution in [3.63, 3.8) is 0 Å². The zero-order valence-electron chi connectivity index (χ0n) is 11.9. The molecule has 0 bridgehead atoms. The fraction of sp³-hybridized carbons (Fsp3) is 0.857. The summed E-state index contributed by atoms with van der Waals surface area (Å²) in [5.41, 5.74) is 0. The Balaban J connectivity index is 1.77. The molecule has 2 saturated heterocycles. The average Bonchev–Trinajstić information content (AvgIpc) is 2.97. The maximum atomic E-state index is 5.85. The molecular weight excluding hydrogens is 242 g/mol. The molecular formula is C14H23N3O2. The zero-order valence-corrected chi connectivity index (χ0v) is 11.9. The molecule has 2 aliphatic rings. The molecule has 0 spiro atoms. The molecule has 5 heteroatoms. The van der Waals surface area contributed by atoms with Gasteiger partial charge in [-0.25, -0.2) is 0 Å². The minimum atomic E-state index is 0.151. The Bertz CT molecular complexity index is 428. The second-order valence-electron chi connectivity index (χ2n) is 5.92. The summed E-state index contributed by atoms with van der Waals surface area (Å²) in [6.07, 6.45) is 3.98. The smallest absolute Gasteiger partial charge is 0.232 e. The van der Waals surface area contributed by atoms with Crippen molar-refractivity contribution in [2.75, 3.05) is 6.54 Å². The Morgan fingerprint density at radius 3 is 2.63 bits per heavy atom. The topological polar surface area (TPSA) is 60.2 Å². The number of piperidine rings is 1. The lowest BCUT2D eigenvalue weighted by atomic mass is 9.89. The van der Waals surface area contributed by atoms with Crippen LogP contribution in [0.25, 0.3) is 0 Å². The summed E-state index contributed by atoms with van der Waals surface area (Å²) in [6, 6.07) is 0.261. The van der Waals surface area contributed by atoms with Crippen molar-refractivity contribution in [3.05, 3.63) is 11.7 Å². The first-order chi connectivity index (χ1) is 9.16. The first-order valence-electron chi connectivity index (χ1n) is 7.39. The van der Waals surface area contributed by atoms with Crippen LogP contribution in [0.4, 0.5) is 0 Å². The SMILES string of the molecule is CC1OC(C)C(c2nc(C3CCCCN3)no2)C1C. The second-order valence-corrected chi connectivity index (χ2v) is 5.92. The molecule has 1 aromatic rings. The van der Waals surface area contributed by atoms with E-state index in [1.165, 1.54) is 12.8 Å². The molecule has 5 atom stereocenters. The minimum absolute atomic E-state index is 0.151. The van der Waals surface area contributed by atoms with Gasteiger partial charge in [0.15, 0.2) is 5.82 Å². The molecule has 3 heterocycles. The highest BCUT2D eigenvalue weighted by atomic mass is 16.5. The van der Waals surface area contributed by atoms with Crippen LogP contribution in [0, 0.1) is 5.92 Å². The molecule has 3 rings (SSSR count). The molecule has 1 aromatic heterocycles. The maximum absolute atomic E-state index is 5.85. The van der Waals surface area contributed by atoms with Crippen molar-refractivity contribution in [2.45, 2.75) is 64.2 Å². The lowest BCUT2D eigenvalue weighted by Crippen LogP contribution is -2.27. The third-order valence-electron chi connectivity index (χ3n) is 4.61. The highest BCUT2D eigenvalue weighted by Gasteiger charge is 2.41. The average molecular weight is 265 g/mol. The lowest BCUT2D eigenvalue weighted by Gasteiger charge is -2.20. The van der Waals surface area contributed by atoms with Gasteiger partial charge in [0, 0.05) is 0 Å². The van der Waals surface area contributed by atoms with E-state index in [2.05, 4.69) is 36.2 Å². The maximum Gasteiger partial charge on any atom is 0.232 e. The molecule has 2 aliphatic heterocycles. The van der Waals surface area contributed by atoms with E-state index < -0.39 is 0 Å². The van der Waals surface area contributed by atoms with Crippen LogP contribution in [0.3, 0.4) is 0 Å². The molecule has 0 aromatic carbocycles. The summed E-state index contributed by atoms with van der Waals surface area (Å²) in [6.45, 7) is 7.45. The van der Waals surface area contributed by atoms with Crippen LogP contribution in [0.5, 0.6) is 0 Å². The van der Waals surface area contributed by atoms with Crippen LogP contribution in [-0.2, 0) is 4.74 Å². The van der Waals surface area contributed by atoms with Gasteiger partial charge in [-0.05, 0) is 39.2 Å². The highest BCUT2D eigenvalue weighted by molar-refractivity contribution is 5.05. The lowest BCUT2D eigenvalue weighted by molar-refractivity contribution is 0.0542. The van der Waals surface area contributed by atoms with Crippen molar-refractivity contribution >= 4 is 0 Å². The highest BCUT2D eigenvalue weighted by Crippen LogP contribution is 2.39. The summed E-state index contributed by atoms with van der Waals surface area (Å²) < 4.78 is 11.4. The van der Waals surface area contributed by atoms with E-state index in [-0.39, 0.29) is 24.2 Å². The summed E-state index contributed by atoms with van der Waals surface area (Å²) >= 11 is 0. The van der Waals surface area contributed by atoms with Crippen molar-refractivity contribution in [1.29, 1.82) is 0 Å². The van der Waals surface area contributed by atoms with Gasteiger partial charge in [0.05, 0.1) is 24.2 Å². The monoisotopic (exact) mass is 265 g/mol. The van der Waals surface area contributed by atoms with Gasteiger partial charge >= 0.3 is 0 Å². The number of ether oxygens (including phenoxy) is 1. The predicted octanol–water partition coefficient (Wildman–Crippen LogP) is 2.41. The molecule has 2 fully saturated rings. The molecule has 5 unspecified atom stereocenters. The van der Waals surface area contributed by atoms with Gasteiger partial charge in [-0.3, -0.25) is 0 Å². The van der Waals surface area contributed by atoms with E-state index in [1.807, 2.05) is 0 Å². The van der Waals surface area contributed by atoms with Crippen LogP contribution in [0.15, 0.2) is 4.52 Å². The van der Waals surface area contributed by atoms with Crippen molar-refractivity contribution < 1.29 is 9.26 Å². The van der Waals surface area contributed by atoms with Gasteiger partial charge in [-0.15, -0.1) is 0 Å². The Hall–Kier alpha value is -0.940. The van der Waals surface area contributed by atoms with Crippen LogP contribution in [-0.4, -0.2) is 28.9 Å². The van der Waals surface area contributed by atoms with Crippen molar-refractivity contribution in [1.82, 2.24) is 15.5 Å². The minimum Gasteiger partial charge on any atom is -0.374 e. The third-order valence-corrected chi connectivity index (χ3v) is 4.61. The number of nitrogens with zero attached hydrogens (tertiary/aromatic N) is 2. The van der Waals surface area contributed by atoms with Crippen LogP contribution in [0.2, 0.25) is 0 Å². The van der Waals surface area contributed by atoms with Crippen LogP contribution < -0.4 is 5.32 Å². The van der Waals surface area contributed by atoms with E-state index in [0.29, 0.717) is 5.92 Å². The van der Waals surface area contributed by atoms with Crippen LogP contribution in [0.1, 0.15) is 63.7 Å². The van der Waals surface area contributed by atoms with Crippen molar-refractivity contribution in [3.8, 4) is 0 Å². The number of hydrogen-bond donors (Lipinski definition) is 1. The van der Waals surface area contributed by atoms with Gasteiger partial charge in [-0.1, -0.05) is 18.5 Å². The molecule has 1 N–H and O–H groups in total. The Morgan fingerprint density at radius 1 is 1.16 bits per heavy atom. The van der Waals surface area contributed by atoms with Crippen molar-refractivity contribution in [2.24, 2.45) is 5.92 Å². The molecule has 19 heavy (non-hydrogen) atoms. The molecule has 0 saturated carbocycles. The number of aromatic nitrogens is 2. The third kappa shape index (κ3) is 2.41. The zero-order chi connectivity index (χ0) is 13.4. The van der Waals surface area contributed by atoms with E-state index >= 15 is 0 Å². The van der Waals surface area contributed by atoms with E-state index in [1.54, 1.807) is 0 Å². The van der Waals surface area contributed by atoms with Gasteiger partial charge in [0.2, 0.25) is 5.89 Å². The van der Waals surface area contributed by atoms with Gasteiger partial charge < -0.3 is 14.6 Å². The summed E-state index contributed by atoms with van der Waals surface area (Å²) in [4.78, 5) is 4.63. The number of rotatable bonds is 2. The van der Waals surface area contributed by atoms with Gasteiger partial charge in [-0.2, -0.15) is 4.98 Å². The Kier molecular flexibility index (Phi) is 3.58. The van der Waals surface area contributed by atoms with Gasteiger partial charge in [0.25, 0.3) is 0 Å². The normalized spacial score (nSPS) is 39.6. The Labute approximate surface area is 114 Å². The van der Waals surface area contributed by atoms with E-state index in [4.69, 9.17) is 9.26 Å². The summed E-state index contributed by atoms with van der Waals surface area (Å²) in [5, 5.41) is 7.63. The van der Waals surface area contributed by atoms with E-state index in [0.717, 1.165) is 24.7 Å². The number of nitrogens with one attached hydrogen (secondary N) is 1. The molecule has 0 amide bonds. The number of hydrogen-bond acceptors (Lipinski definition) is 5. The van der Waals surface area contributed by atoms with Crippen LogP contribution >= 0.6 is 0 Å². The molecule has 106 valence electrons. The first-order valence-corrected chi connectivity index (χ1v) is 7.39. The largest absolute Gasteiger partial charge is 0.374 e. The van der Waals surface area contributed by atoms with E-state index in [9.17, 15) is 0 Å². The predicted molar refractivity (Wildman–Crippen MR) is 70.8 cm³/mol. The molecule has 5 nitrogen and oxygen atoms in total. The quantitative estimate of drug-likeness (QED) is 0.889. The Morgan fingerprint density at radius 2 is 2.00 bits per heavy atom. The fourth-order valence-electron chi connectivity index (χ4n) is 3.29. The molecule has 0 radical (unpaired) electrons. The standard InChI is InChI=1S/C14H23N3O2/c1-8-9(2)18-10(3)12(8)14-16-13(17-19-14)11-6-4-5-7-15-11/h8-12,15H,4-7H2,1-3H3. The second kappa shape index (κ2) is 5.21. The molecule has 0 aliphatic carbocycles. The first kappa shape index (κ1) is 13.1. The van der Waals surface area contributed by atoms with Gasteiger partial charge in [0.1, 0.15) is 0 Å².